The maximum absolute atomic E-state index is 12.1. The van der Waals surface area contributed by atoms with Gasteiger partial charge in [-0.05, 0) is 183 Å². The van der Waals surface area contributed by atoms with Crippen molar-refractivity contribution < 1.29 is 130 Å². The van der Waals surface area contributed by atoms with E-state index in [1.807, 2.05) is 27.7 Å². The third-order valence-electron chi connectivity index (χ3n) is 17.8. The molecule has 1 saturated carbocycles. The first-order valence-corrected chi connectivity index (χ1v) is 43.3. The lowest BCUT2D eigenvalue weighted by molar-refractivity contribution is -0.218. The second-order valence-electron chi connectivity index (χ2n) is 32.6. The van der Waals surface area contributed by atoms with Crippen LogP contribution in [0.4, 0.5) is 0 Å². The molecule has 1 aliphatic carbocycles. The van der Waals surface area contributed by atoms with E-state index >= 15 is 0 Å². The molecule has 5 N–H and O–H groups in total. The number of phosphoric acid groups is 5. The summed E-state index contributed by atoms with van der Waals surface area (Å²) >= 11 is 0. The molecule has 8 aliphatic heterocycles. The maximum atomic E-state index is 12.1. The standard InChI is InChI=1S/C14H27O6P.3C13H25O6P.C13H27O4P/c1-9(2)8-14-6-7-17-12(11(5)18-14)13(14)20-21(15,16)19-10(3)4;1-8(2)6-10-11(12-13(5,17-10)7-16-12)19-20(14,15)18-9(3)4;2*1-8(2)6-13-7-16-11(10(5)17-13)12(13)19-20(14,15)18-9(3)4;1-10(2)6-13(7-12(5)8-13)9-16-18(14,15)17-11(3)4/h9-13H,6-8H2,1-5H3,(H,15,16);3*8-12H,6-7H2,1-5H3,(H,14,15);10-12H,6-9H2,1-5H3,(H,14,15)/t11-,12+,13?,14+;10-,11?,12+,13-;10-,11+,12?,13-;10-,11-,12?,13+;/m0100./s1. The van der Waals surface area contributed by atoms with Gasteiger partial charge >= 0.3 is 39.1 Å². The Hall–Kier alpha value is 0.230. The number of rotatable bonds is 31. The van der Waals surface area contributed by atoms with Crippen molar-refractivity contribution in [2.24, 2.45) is 40.9 Å². The van der Waals surface area contributed by atoms with Gasteiger partial charge < -0.3 is 62.4 Å². The van der Waals surface area contributed by atoms with E-state index in [2.05, 4.69) is 76.2 Å². The third kappa shape index (κ3) is 25.9. The molecular formula is C66H129O28P5. The van der Waals surface area contributed by atoms with Crippen molar-refractivity contribution in [1.82, 2.24) is 0 Å². The van der Waals surface area contributed by atoms with Crippen molar-refractivity contribution in [3.05, 3.63) is 0 Å². The normalized spacial score (nSPS) is 38.0. The van der Waals surface area contributed by atoms with Crippen LogP contribution in [0.5, 0.6) is 0 Å². The largest absolute Gasteiger partial charge is 0.472 e. The smallest absolute Gasteiger partial charge is 0.373 e. The van der Waals surface area contributed by atoms with Crippen molar-refractivity contribution in [3.63, 3.8) is 0 Å². The lowest BCUT2D eigenvalue weighted by atomic mass is 9.60. The summed E-state index contributed by atoms with van der Waals surface area (Å²) in [6, 6.07) is 0. The summed E-state index contributed by atoms with van der Waals surface area (Å²) in [6.07, 6.45) is 0.768. The summed E-state index contributed by atoms with van der Waals surface area (Å²) in [5.74, 6) is 2.80. The Kier molecular flexibility index (Phi) is 32.8. The Morgan fingerprint density at radius 2 is 0.758 bits per heavy atom. The van der Waals surface area contributed by atoms with Crippen LogP contribution in [0, 0.1) is 40.9 Å². The van der Waals surface area contributed by atoms with Gasteiger partial charge in [-0.15, -0.1) is 0 Å². The molecule has 21 atom stereocenters. The van der Waals surface area contributed by atoms with E-state index in [0.717, 1.165) is 44.9 Å². The molecule has 9 aliphatic rings. The van der Waals surface area contributed by atoms with Gasteiger partial charge in [-0.3, -0.25) is 45.2 Å². The highest BCUT2D eigenvalue weighted by atomic mass is 31.2. The van der Waals surface area contributed by atoms with E-state index in [4.69, 9.17) is 83.1 Å². The van der Waals surface area contributed by atoms with Crippen molar-refractivity contribution in [2.45, 2.75) is 351 Å². The summed E-state index contributed by atoms with van der Waals surface area (Å²) < 4.78 is 158. The molecule has 8 saturated heterocycles. The zero-order valence-corrected chi connectivity index (χ0v) is 68.3. The van der Waals surface area contributed by atoms with Gasteiger partial charge in [0.15, 0.2) is 0 Å². The second kappa shape index (κ2) is 36.2. The van der Waals surface area contributed by atoms with Gasteiger partial charge in [-0.2, -0.15) is 0 Å². The maximum Gasteiger partial charge on any atom is 0.472 e. The molecule has 0 aromatic carbocycles. The summed E-state index contributed by atoms with van der Waals surface area (Å²) in [7, 11) is -20.3. The second-order valence-corrected chi connectivity index (χ2v) is 39.4. The van der Waals surface area contributed by atoms with Gasteiger partial charge in [0, 0.05) is 6.42 Å². The summed E-state index contributed by atoms with van der Waals surface area (Å²) in [5.41, 5.74) is -2.18. The van der Waals surface area contributed by atoms with Crippen molar-refractivity contribution in [1.29, 1.82) is 0 Å². The minimum Gasteiger partial charge on any atom is -0.373 e. The molecule has 9 unspecified atom stereocenters. The van der Waals surface area contributed by atoms with E-state index < -0.39 is 85.9 Å². The van der Waals surface area contributed by atoms with Crippen LogP contribution in [0.25, 0.3) is 0 Å². The van der Waals surface area contributed by atoms with Crippen LogP contribution in [-0.4, -0.2) is 184 Å². The van der Waals surface area contributed by atoms with Crippen LogP contribution in [0.2, 0.25) is 0 Å². The van der Waals surface area contributed by atoms with E-state index in [1.165, 1.54) is 0 Å². The quantitative estimate of drug-likeness (QED) is 0.0403. The fraction of sp³-hybridized carbons (Fsp3) is 1.00. The predicted molar refractivity (Wildman–Crippen MR) is 370 cm³/mol. The molecule has 0 radical (unpaired) electrons. The zero-order valence-electron chi connectivity index (χ0n) is 63.8. The van der Waals surface area contributed by atoms with Crippen LogP contribution in [0.1, 0.15) is 224 Å². The van der Waals surface area contributed by atoms with Crippen LogP contribution >= 0.6 is 39.1 Å². The lowest BCUT2D eigenvalue weighted by Crippen LogP contribution is -2.57. The first-order valence-electron chi connectivity index (χ1n) is 35.8. The Balaban J connectivity index is 0.000000223. The summed E-state index contributed by atoms with van der Waals surface area (Å²) in [4.78, 5) is 49.0. The topological polar surface area (TPSA) is 353 Å². The van der Waals surface area contributed by atoms with Gasteiger partial charge in [-0.1, -0.05) is 76.2 Å². The Morgan fingerprint density at radius 1 is 0.414 bits per heavy atom. The Labute approximate surface area is 591 Å². The predicted octanol–water partition coefficient (Wildman–Crippen LogP) is 14.4. The summed E-state index contributed by atoms with van der Waals surface area (Å²) in [6.45, 7) is 50.1. The van der Waals surface area contributed by atoms with E-state index in [0.29, 0.717) is 75.0 Å². The monoisotopic (exact) mass is 1520 g/mol. The SMILES string of the molecule is CC(C)CC1(COP(=O)(O)OC(C)C)CC(C)C1.CC(C)C[C@@]12CO[C@H](C1OP(=O)(O)OC(C)C)[C@H](C)O2.CC(C)C[C@H]1O[C@]2(C)CO[C@H]2C1OP(=O)(O)OC(C)C.CC(C)C[C@]12CCO[C@@H](C1OP(=O)(O)OC(C)C)[C@H](C)O2.CC(C)C[C@]12CO[C@@H](C1OP(=O)(O)OC(C)C)[C@H](C)O2. The molecule has 8 heterocycles. The Bertz CT molecular complexity index is 2670. The average Bonchev–Trinajstić information content (AvgIpc) is 1.62. The molecule has 6 bridgehead atoms. The van der Waals surface area contributed by atoms with Crippen molar-refractivity contribution in [2.75, 3.05) is 33.0 Å². The minimum absolute atomic E-state index is 0.0757. The number of ether oxygens (including phenoxy) is 8. The van der Waals surface area contributed by atoms with E-state index in [-0.39, 0.29) is 84.8 Å². The fourth-order valence-corrected chi connectivity index (χ4v) is 21.3. The molecule has 9 rings (SSSR count). The molecule has 99 heavy (non-hydrogen) atoms. The van der Waals surface area contributed by atoms with Crippen LogP contribution in [-0.2, 0) is 106 Å². The highest BCUT2D eigenvalue weighted by Crippen LogP contribution is 2.59. The van der Waals surface area contributed by atoms with Gasteiger partial charge in [-0.25, -0.2) is 22.8 Å². The molecular weight excluding hydrogens is 1400 g/mol. The van der Waals surface area contributed by atoms with Gasteiger partial charge in [0.2, 0.25) is 0 Å². The molecule has 33 heteroatoms. The average molecular weight is 1530 g/mol. The highest BCUT2D eigenvalue weighted by molar-refractivity contribution is 7.48. The lowest BCUT2D eigenvalue weighted by Gasteiger charge is -2.47. The molecule has 0 amide bonds. The molecule has 0 spiro atoms. The molecule has 0 aromatic rings. The first kappa shape index (κ1) is 89.9. The molecule has 0 aromatic heterocycles. The van der Waals surface area contributed by atoms with E-state index in [1.54, 1.807) is 69.2 Å². The van der Waals surface area contributed by atoms with Gasteiger partial charge in [0.25, 0.3) is 0 Å². The van der Waals surface area contributed by atoms with Crippen LogP contribution < -0.4 is 0 Å². The molecule has 9 fully saturated rings. The van der Waals surface area contributed by atoms with Crippen molar-refractivity contribution >= 4 is 39.1 Å². The van der Waals surface area contributed by atoms with Crippen LogP contribution in [0.15, 0.2) is 0 Å². The highest BCUT2D eigenvalue weighted by Gasteiger charge is 2.66. The van der Waals surface area contributed by atoms with Gasteiger partial charge in [0.1, 0.15) is 71.2 Å². The zero-order chi connectivity index (χ0) is 75.2. The minimum atomic E-state index is -4.12. The first-order chi connectivity index (χ1) is 45.2. The summed E-state index contributed by atoms with van der Waals surface area (Å²) in [5, 5.41) is 0. The van der Waals surface area contributed by atoms with Gasteiger partial charge in [0.05, 0.1) is 88.0 Å². The number of hydrogen-bond acceptors (Lipinski definition) is 23. The van der Waals surface area contributed by atoms with Crippen LogP contribution in [0.3, 0.4) is 0 Å². The van der Waals surface area contributed by atoms with E-state index in [9.17, 15) is 47.3 Å². The number of phosphoric ester groups is 5. The number of fused-ring (bicyclic) bond motifs is 7. The van der Waals surface area contributed by atoms with Crippen molar-refractivity contribution in [3.8, 4) is 0 Å². The molecule has 586 valence electrons. The number of hydrogen-bond donors (Lipinski definition) is 5. The Morgan fingerprint density at radius 3 is 1.09 bits per heavy atom. The third-order valence-corrected chi connectivity index (χ3v) is 23.7. The molecule has 28 nitrogen and oxygen atoms in total. The fourth-order valence-electron chi connectivity index (χ4n) is 15.6.